The van der Waals surface area contributed by atoms with Gasteiger partial charge in [-0.2, -0.15) is 0 Å². The number of amides is 2. The monoisotopic (exact) mass is 591 g/mol. The minimum Gasteiger partial charge on any atom is -0.492 e. The Labute approximate surface area is 249 Å². The van der Waals surface area contributed by atoms with E-state index in [9.17, 15) is 18.0 Å². The Balaban J connectivity index is 1.72. The van der Waals surface area contributed by atoms with E-state index < -0.39 is 28.5 Å². The second-order valence-corrected chi connectivity index (χ2v) is 12.6. The molecule has 0 unspecified atom stereocenters. The molecule has 2 amide bonds. The highest BCUT2D eigenvalue weighted by Crippen LogP contribution is 2.30. The van der Waals surface area contributed by atoms with Crippen LogP contribution < -0.4 is 14.4 Å². The number of nitrogens with zero attached hydrogens (tertiary/aromatic N) is 2. The van der Waals surface area contributed by atoms with Gasteiger partial charge >= 0.3 is 0 Å². The van der Waals surface area contributed by atoms with Crippen molar-refractivity contribution in [2.24, 2.45) is 0 Å². The summed E-state index contributed by atoms with van der Waals surface area (Å²) in [7, 11) is -3.88. The Morgan fingerprint density at radius 1 is 0.881 bits per heavy atom. The lowest BCUT2D eigenvalue weighted by Crippen LogP contribution is -2.55. The molecule has 1 aliphatic carbocycles. The molecule has 0 saturated heterocycles. The summed E-state index contributed by atoms with van der Waals surface area (Å²) < 4.78 is 32.9. The van der Waals surface area contributed by atoms with Gasteiger partial charge in [0, 0.05) is 19.0 Å². The molecule has 3 aromatic carbocycles. The largest absolute Gasteiger partial charge is 0.492 e. The van der Waals surface area contributed by atoms with Crippen LogP contribution in [0.25, 0.3) is 0 Å². The first-order valence-corrected chi connectivity index (χ1v) is 16.5. The molecule has 1 fully saturated rings. The van der Waals surface area contributed by atoms with Crippen molar-refractivity contribution in [2.75, 3.05) is 23.7 Å². The summed E-state index contributed by atoms with van der Waals surface area (Å²) in [5, 5.41) is 3.22. The molecule has 224 valence electrons. The summed E-state index contributed by atoms with van der Waals surface area (Å²) in [6.45, 7) is 1.83. The topological polar surface area (TPSA) is 96.0 Å². The fourth-order valence-corrected chi connectivity index (χ4v) is 6.27. The predicted molar refractivity (Wildman–Crippen MR) is 166 cm³/mol. The van der Waals surface area contributed by atoms with Crippen LogP contribution in [0.5, 0.6) is 5.75 Å². The van der Waals surface area contributed by atoms with E-state index >= 15 is 0 Å². The average molecular weight is 592 g/mol. The van der Waals surface area contributed by atoms with Gasteiger partial charge in [-0.05, 0) is 43.0 Å². The summed E-state index contributed by atoms with van der Waals surface area (Å²) in [5.74, 6) is -0.338. The van der Waals surface area contributed by atoms with Crippen LogP contribution in [-0.2, 0) is 32.6 Å². The van der Waals surface area contributed by atoms with Gasteiger partial charge in [0.1, 0.15) is 18.3 Å². The molecule has 1 saturated carbocycles. The fraction of sp³-hybridized carbons (Fsp3) is 0.394. The summed E-state index contributed by atoms with van der Waals surface area (Å²) in [5.41, 5.74) is 2.03. The van der Waals surface area contributed by atoms with E-state index in [-0.39, 0.29) is 24.2 Å². The van der Waals surface area contributed by atoms with Crippen LogP contribution >= 0.6 is 0 Å². The Morgan fingerprint density at radius 2 is 1.48 bits per heavy atom. The highest BCUT2D eigenvalue weighted by Gasteiger charge is 2.34. The van der Waals surface area contributed by atoms with Gasteiger partial charge < -0.3 is 15.0 Å². The molecule has 0 aliphatic heterocycles. The maximum absolute atomic E-state index is 14.3. The third-order valence-corrected chi connectivity index (χ3v) is 8.66. The standard InChI is InChI=1S/C33H41N3O5S/c1-3-41-31-22-14-13-21-29(31)36(42(2,39)40)25-32(37)35(24-27-17-9-5-10-18-27)30(23-26-15-7-4-8-16-26)33(38)34-28-19-11-6-12-20-28/h4-5,7-10,13-18,21-22,28,30H,3,6,11-12,19-20,23-25H2,1-2H3,(H,34,38)/t30-/m1/s1. The van der Waals surface area contributed by atoms with Gasteiger partial charge in [0.05, 0.1) is 18.6 Å². The molecule has 0 heterocycles. The third kappa shape index (κ3) is 8.58. The highest BCUT2D eigenvalue weighted by atomic mass is 32.2. The molecule has 1 N–H and O–H groups in total. The Bertz CT molecular complexity index is 1410. The van der Waals surface area contributed by atoms with Gasteiger partial charge in [0.2, 0.25) is 21.8 Å². The van der Waals surface area contributed by atoms with E-state index in [4.69, 9.17) is 4.74 Å². The number of para-hydroxylation sites is 2. The van der Waals surface area contributed by atoms with Gasteiger partial charge in [-0.3, -0.25) is 13.9 Å². The number of rotatable bonds is 13. The molecule has 0 radical (unpaired) electrons. The summed E-state index contributed by atoms with van der Waals surface area (Å²) in [6, 6.07) is 25.0. The molecular weight excluding hydrogens is 550 g/mol. The van der Waals surface area contributed by atoms with Crippen molar-refractivity contribution in [3.63, 3.8) is 0 Å². The molecule has 1 atom stereocenters. The molecule has 42 heavy (non-hydrogen) atoms. The molecule has 0 spiro atoms. The van der Waals surface area contributed by atoms with Crippen LogP contribution in [0, 0.1) is 0 Å². The number of sulfonamides is 1. The Kier molecular flexibility index (Phi) is 11.0. The van der Waals surface area contributed by atoms with Crippen LogP contribution in [0.2, 0.25) is 0 Å². The van der Waals surface area contributed by atoms with Crippen LogP contribution in [0.4, 0.5) is 5.69 Å². The molecule has 0 aromatic heterocycles. The smallest absolute Gasteiger partial charge is 0.244 e. The minimum atomic E-state index is -3.88. The maximum atomic E-state index is 14.3. The zero-order valence-electron chi connectivity index (χ0n) is 24.4. The van der Waals surface area contributed by atoms with Gasteiger partial charge in [-0.15, -0.1) is 0 Å². The zero-order chi connectivity index (χ0) is 30.0. The highest BCUT2D eigenvalue weighted by molar-refractivity contribution is 7.92. The van der Waals surface area contributed by atoms with Crippen LogP contribution in [-0.4, -0.2) is 56.6 Å². The van der Waals surface area contributed by atoms with E-state index in [2.05, 4.69) is 5.32 Å². The summed E-state index contributed by atoms with van der Waals surface area (Å²) >= 11 is 0. The van der Waals surface area contributed by atoms with Gasteiger partial charge in [-0.25, -0.2) is 8.42 Å². The lowest BCUT2D eigenvalue weighted by molar-refractivity contribution is -0.140. The second-order valence-electron chi connectivity index (χ2n) is 10.7. The van der Waals surface area contributed by atoms with Crippen LogP contribution in [0.15, 0.2) is 84.9 Å². The van der Waals surface area contributed by atoms with Crippen LogP contribution in [0.3, 0.4) is 0 Å². The van der Waals surface area contributed by atoms with Crippen molar-refractivity contribution >= 4 is 27.5 Å². The lowest BCUT2D eigenvalue weighted by Gasteiger charge is -2.35. The molecule has 3 aromatic rings. The van der Waals surface area contributed by atoms with Crippen molar-refractivity contribution in [2.45, 2.75) is 64.1 Å². The van der Waals surface area contributed by atoms with E-state index in [1.165, 1.54) is 4.90 Å². The third-order valence-electron chi connectivity index (χ3n) is 7.53. The molecule has 1 aliphatic rings. The van der Waals surface area contributed by atoms with Gasteiger partial charge in [-0.1, -0.05) is 92.1 Å². The summed E-state index contributed by atoms with van der Waals surface area (Å²) in [6.07, 6.45) is 6.46. The van der Waals surface area contributed by atoms with Crippen molar-refractivity contribution in [3.05, 3.63) is 96.1 Å². The van der Waals surface area contributed by atoms with Crippen molar-refractivity contribution in [1.82, 2.24) is 10.2 Å². The number of nitrogens with one attached hydrogen (secondary N) is 1. The summed E-state index contributed by atoms with van der Waals surface area (Å²) in [4.78, 5) is 29.8. The number of hydrogen-bond acceptors (Lipinski definition) is 5. The fourth-order valence-electron chi connectivity index (χ4n) is 5.41. The van der Waals surface area contributed by atoms with Crippen LogP contribution in [0.1, 0.15) is 50.2 Å². The number of carbonyl (C=O) groups is 2. The molecule has 8 nitrogen and oxygen atoms in total. The maximum Gasteiger partial charge on any atom is 0.244 e. The normalized spacial score (nSPS) is 14.5. The van der Waals surface area contributed by atoms with Crippen molar-refractivity contribution < 1.29 is 22.7 Å². The molecule has 0 bridgehead atoms. The lowest BCUT2D eigenvalue weighted by atomic mass is 9.94. The number of anilines is 1. The van der Waals surface area contributed by atoms with Crippen molar-refractivity contribution in [1.29, 1.82) is 0 Å². The predicted octanol–water partition coefficient (Wildman–Crippen LogP) is 4.94. The van der Waals surface area contributed by atoms with E-state index in [1.54, 1.807) is 24.3 Å². The Morgan fingerprint density at radius 3 is 2.10 bits per heavy atom. The first-order valence-electron chi connectivity index (χ1n) is 14.6. The van der Waals surface area contributed by atoms with E-state index in [0.717, 1.165) is 53.8 Å². The number of benzene rings is 3. The zero-order valence-corrected chi connectivity index (χ0v) is 25.3. The minimum absolute atomic E-state index is 0.0591. The van der Waals surface area contributed by atoms with Gasteiger partial charge in [0.25, 0.3) is 0 Å². The first-order chi connectivity index (χ1) is 20.3. The number of ether oxygens (including phenoxy) is 1. The average Bonchev–Trinajstić information content (AvgIpc) is 2.99. The van der Waals surface area contributed by atoms with E-state index in [0.29, 0.717) is 18.8 Å². The number of hydrogen-bond donors (Lipinski definition) is 1. The first kappa shape index (κ1) is 31.1. The van der Waals surface area contributed by atoms with Gasteiger partial charge in [0.15, 0.2) is 0 Å². The quantitative estimate of drug-likeness (QED) is 0.304. The second kappa shape index (κ2) is 14.9. The molecule has 9 heteroatoms. The molecular formula is C33H41N3O5S. The van der Waals surface area contributed by atoms with Crippen molar-refractivity contribution in [3.8, 4) is 5.75 Å². The molecule has 4 rings (SSSR count). The SMILES string of the molecule is CCOc1ccccc1N(CC(=O)N(Cc1ccccc1)[C@H](Cc1ccccc1)C(=O)NC1CCCCC1)S(C)(=O)=O. The number of carbonyl (C=O) groups excluding carboxylic acids is 2. The Hall–Kier alpha value is -3.85. The van der Waals surface area contributed by atoms with E-state index in [1.807, 2.05) is 67.6 Å².